The zero-order chi connectivity index (χ0) is 16.1. The summed E-state index contributed by atoms with van der Waals surface area (Å²) in [5.74, 6) is -0.0382. The molecule has 0 aromatic carbocycles. The van der Waals surface area contributed by atoms with Crippen molar-refractivity contribution in [2.75, 3.05) is 26.3 Å². The van der Waals surface area contributed by atoms with Crippen LogP contribution in [0.4, 0.5) is 0 Å². The lowest BCUT2D eigenvalue weighted by atomic mass is 10.1. The molecular weight excluding hydrogens is 306 g/mol. The van der Waals surface area contributed by atoms with Crippen LogP contribution in [0.5, 0.6) is 0 Å². The number of carbonyl (C=O) groups is 1. The number of hydrogen-bond acceptors (Lipinski definition) is 4. The Bertz CT molecular complexity index is 510. The van der Waals surface area contributed by atoms with E-state index in [-0.39, 0.29) is 18.6 Å². The zero-order valence-corrected chi connectivity index (χ0v) is 14.0. The topological polar surface area (TPSA) is 67.6 Å². The van der Waals surface area contributed by atoms with Crippen molar-refractivity contribution in [3.63, 3.8) is 0 Å². The number of nitrogens with zero attached hydrogens (tertiary/aromatic N) is 3. The van der Waals surface area contributed by atoms with Gasteiger partial charge < -0.3 is 14.7 Å². The van der Waals surface area contributed by atoms with Crippen molar-refractivity contribution >= 4 is 17.5 Å². The minimum Gasteiger partial charge on any atom is -0.396 e. The van der Waals surface area contributed by atoms with Gasteiger partial charge in [-0.15, -0.1) is 0 Å². The first-order valence-corrected chi connectivity index (χ1v) is 8.19. The van der Waals surface area contributed by atoms with E-state index >= 15 is 0 Å². The maximum absolute atomic E-state index is 12.7. The summed E-state index contributed by atoms with van der Waals surface area (Å²) in [5.41, 5.74) is 1.28. The Labute approximate surface area is 136 Å². The largest absolute Gasteiger partial charge is 0.396 e. The van der Waals surface area contributed by atoms with E-state index in [0.29, 0.717) is 43.3 Å². The number of carbonyl (C=O) groups excluding carboxylic acids is 1. The third-order valence-electron chi connectivity index (χ3n) is 3.98. The summed E-state index contributed by atoms with van der Waals surface area (Å²) in [6, 6.07) is 0. The lowest BCUT2D eigenvalue weighted by molar-refractivity contribution is 0.00396. The van der Waals surface area contributed by atoms with Gasteiger partial charge in [0.1, 0.15) is 5.15 Å². The van der Waals surface area contributed by atoms with E-state index in [2.05, 4.69) is 5.10 Å². The molecular formula is C15H24ClN3O3. The molecule has 1 fully saturated rings. The van der Waals surface area contributed by atoms with Crippen LogP contribution in [0, 0.1) is 0 Å². The number of halogens is 1. The molecule has 1 aliphatic heterocycles. The van der Waals surface area contributed by atoms with E-state index in [1.54, 1.807) is 11.7 Å². The average molecular weight is 330 g/mol. The van der Waals surface area contributed by atoms with Gasteiger partial charge in [0.05, 0.1) is 17.4 Å². The lowest BCUT2D eigenvalue weighted by Gasteiger charge is -2.32. The molecule has 1 aromatic rings. The fourth-order valence-electron chi connectivity index (χ4n) is 2.71. The molecule has 0 radical (unpaired) electrons. The zero-order valence-electron chi connectivity index (χ0n) is 13.2. The third-order valence-corrected chi connectivity index (χ3v) is 4.42. The van der Waals surface area contributed by atoms with Crippen molar-refractivity contribution < 1.29 is 14.6 Å². The van der Waals surface area contributed by atoms with Crippen molar-refractivity contribution in [1.29, 1.82) is 0 Å². The highest BCUT2D eigenvalue weighted by atomic mass is 35.5. The SMILES string of the molecule is CCc1nn(C)c(Cl)c1C(=O)N1CCC(OCCCO)CC1. The molecule has 22 heavy (non-hydrogen) atoms. The minimum absolute atomic E-state index is 0.0382. The number of aromatic nitrogens is 2. The summed E-state index contributed by atoms with van der Waals surface area (Å²) in [6.07, 6.45) is 3.14. The van der Waals surface area contributed by atoms with E-state index in [1.807, 2.05) is 11.8 Å². The number of hydrogen-bond donors (Lipinski definition) is 1. The van der Waals surface area contributed by atoms with Crippen LogP contribution in [0.2, 0.25) is 5.15 Å². The first-order chi connectivity index (χ1) is 10.6. The second-order valence-corrected chi connectivity index (χ2v) is 5.89. The number of piperidine rings is 1. The van der Waals surface area contributed by atoms with Crippen molar-refractivity contribution in [2.45, 2.75) is 38.7 Å². The molecule has 0 unspecified atom stereocenters. The van der Waals surface area contributed by atoms with Crippen molar-refractivity contribution in [1.82, 2.24) is 14.7 Å². The summed E-state index contributed by atoms with van der Waals surface area (Å²) in [5, 5.41) is 13.5. The normalized spacial score (nSPS) is 16.3. The smallest absolute Gasteiger partial charge is 0.258 e. The number of aryl methyl sites for hydroxylation is 2. The molecule has 1 N–H and O–H groups in total. The first-order valence-electron chi connectivity index (χ1n) is 7.81. The van der Waals surface area contributed by atoms with E-state index in [0.717, 1.165) is 18.5 Å². The Kier molecular flexibility index (Phi) is 6.23. The molecule has 1 saturated heterocycles. The van der Waals surface area contributed by atoms with Gasteiger partial charge in [-0.1, -0.05) is 18.5 Å². The summed E-state index contributed by atoms with van der Waals surface area (Å²) in [4.78, 5) is 14.5. The molecule has 6 nitrogen and oxygen atoms in total. The van der Waals surface area contributed by atoms with Gasteiger partial charge in [0.2, 0.25) is 0 Å². The molecule has 1 amide bonds. The Morgan fingerprint density at radius 3 is 2.73 bits per heavy atom. The number of rotatable bonds is 6. The number of aliphatic hydroxyl groups is 1. The van der Waals surface area contributed by atoms with Gasteiger partial charge in [0.15, 0.2) is 0 Å². The van der Waals surface area contributed by atoms with Crippen LogP contribution in [-0.2, 0) is 18.2 Å². The van der Waals surface area contributed by atoms with Crippen LogP contribution in [0.1, 0.15) is 42.2 Å². The Balaban J connectivity index is 1.95. The summed E-state index contributed by atoms with van der Waals surface area (Å²) < 4.78 is 7.24. The van der Waals surface area contributed by atoms with E-state index in [1.165, 1.54) is 0 Å². The number of likely N-dealkylation sites (tertiary alicyclic amines) is 1. The van der Waals surface area contributed by atoms with Gasteiger partial charge in [0, 0.05) is 33.4 Å². The molecule has 1 aliphatic rings. The van der Waals surface area contributed by atoms with Crippen LogP contribution >= 0.6 is 11.6 Å². The van der Waals surface area contributed by atoms with Crippen molar-refractivity contribution in [2.24, 2.45) is 7.05 Å². The molecule has 0 saturated carbocycles. The predicted molar refractivity (Wildman–Crippen MR) is 84.2 cm³/mol. The highest BCUT2D eigenvalue weighted by molar-refractivity contribution is 6.33. The van der Waals surface area contributed by atoms with Crippen LogP contribution in [0.15, 0.2) is 0 Å². The first kappa shape index (κ1) is 17.2. The van der Waals surface area contributed by atoms with Crippen molar-refractivity contribution in [3.8, 4) is 0 Å². The highest BCUT2D eigenvalue weighted by Crippen LogP contribution is 2.24. The molecule has 0 atom stereocenters. The second kappa shape index (κ2) is 7.94. The number of aliphatic hydroxyl groups excluding tert-OH is 1. The van der Waals surface area contributed by atoms with Crippen molar-refractivity contribution in [3.05, 3.63) is 16.4 Å². The fraction of sp³-hybridized carbons (Fsp3) is 0.733. The van der Waals surface area contributed by atoms with Gasteiger partial charge in [-0.3, -0.25) is 9.48 Å². The van der Waals surface area contributed by atoms with E-state index < -0.39 is 0 Å². The second-order valence-electron chi connectivity index (χ2n) is 5.53. The van der Waals surface area contributed by atoms with Gasteiger partial charge in [-0.05, 0) is 25.7 Å². The Morgan fingerprint density at radius 1 is 1.45 bits per heavy atom. The molecule has 0 bridgehead atoms. The lowest BCUT2D eigenvalue weighted by Crippen LogP contribution is -2.41. The van der Waals surface area contributed by atoms with Gasteiger partial charge in [-0.25, -0.2) is 0 Å². The molecule has 2 rings (SSSR count). The standard InChI is InChI=1S/C15H24ClN3O3/c1-3-12-13(14(16)18(2)17-12)15(21)19-7-5-11(6-8-19)22-10-4-9-20/h11,20H,3-10H2,1-2H3. The van der Waals surface area contributed by atoms with E-state index in [9.17, 15) is 4.79 Å². The van der Waals surface area contributed by atoms with Gasteiger partial charge in [-0.2, -0.15) is 5.10 Å². The molecule has 7 heteroatoms. The minimum atomic E-state index is -0.0382. The molecule has 0 aliphatic carbocycles. The quantitative estimate of drug-likeness (QED) is 0.806. The predicted octanol–water partition coefficient (Wildman–Crippen LogP) is 1.64. The Morgan fingerprint density at radius 2 is 2.14 bits per heavy atom. The Hall–Kier alpha value is -1.11. The average Bonchev–Trinajstić information content (AvgIpc) is 2.82. The monoisotopic (exact) mass is 329 g/mol. The molecule has 2 heterocycles. The maximum Gasteiger partial charge on any atom is 0.258 e. The molecule has 1 aromatic heterocycles. The summed E-state index contributed by atoms with van der Waals surface area (Å²) in [7, 11) is 1.75. The van der Waals surface area contributed by atoms with Crippen LogP contribution in [0.3, 0.4) is 0 Å². The molecule has 0 spiro atoms. The number of amides is 1. The third kappa shape index (κ3) is 3.80. The van der Waals surface area contributed by atoms with Crippen LogP contribution < -0.4 is 0 Å². The molecule has 124 valence electrons. The van der Waals surface area contributed by atoms with Gasteiger partial charge in [0.25, 0.3) is 5.91 Å². The number of ether oxygens (including phenoxy) is 1. The highest BCUT2D eigenvalue weighted by Gasteiger charge is 2.28. The summed E-state index contributed by atoms with van der Waals surface area (Å²) >= 11 is 6.22. The van der Waals surface area contributed by atoms with Crippen LogP contribution in [-0.4, -0.2) is 58.1 Å². The maximum atomic E-state index is 12.7. The van der Waals surface area contributed by atoms with E-state index in [4.69, 9.17) is 21.4 Å². The van der Waals surface area contributed by atoms with Gasteiger partial charge >= 0.3 is 0 Å². The fourth-order valence-corrected chi connectivity index (χ4v) is 2.94. The summed E-state index contributed by atoms with van der Waals surface area (Å²) in [6.45, 7) is 4.02. The van der Waals surface area contributed by atoms with Crippen LogP contribution in [0.25, 0.3) is 0 Å².